The minimum absolute atomic E-state index is 0.315. The van der Waals surface area contributed by atoms with Gasteiger partial charge < -0.3 is 0 Å². The van der Waals surface area contributed by atoms with Gasteiger partial charge in [0.15, 0.2) is 5.82 Å². The fraction of sp³-hybridized carbons (Fsp3) is 0.0500. The van der Waals surface area contributed by atoms with Gasteiger partial charge in [0.2, 0.25) is 0 Å². The van der Waals surface area contributed by atoms with Crippen LogP contribution in [0.4, 0.5) is 10.1 Å². The van der Waals surface area contributed by atoms with Crippen LogP contribution in [0.1, 0.15) is 16.1 Å². The number of anilines is 1. The van der Waals surface area contributed by atoms with Crippen molar-refractivity contribution in [2.45, 2.75) is 6.92 Å². The number of aromatic nitrogens is 3. The summed E-state index contributed by atoms with van der Waals surface area (Å²) in [5.41, 5.74) is 7.52. The molecule has 2 aromatic heterocycles. The highest BCUT2D eigenvalue weighted by molar-refractivity contribution is 6.01. The zero-order valence-electron chi connectivity index (χ0n) is 14.8. The van der Waals surface area contributed by atoms with Gasteiger partial charge in [0.1, 0.15) is 5.82 Å². The van der Waals surface area contributed by atoms with E-state index in [4.69, 9.17) is 5.21 Å². The Morgan fingerprint density at radius 1 is 1.18 bits per heavy atom. The number of carbonyl (C=O) groups excluding carboxylic acids is 1. The van der Waals surface area contributed by atoms with E-state index >= 15 is 0 Å². The molecule has 0 fully saturated rings. The summed E-state index contributed by atoms with van der Waals surface area (Å²) < 4.78 is 15.0. The predicted molar refractivity (Wildman–Crippen MR) is 103 cm³/mol. The molecule has 7 nitrogen and oxygen atoms in total. The Balaban J connectivity index is 1.60. The highest BCUT2D eigenvalue weighted by atomic mass is 19.1. The minimum atomic E-state index is -0.375. The van der Waals surface area contributed by atoms with Gasteiger partial charge in [-0.1, -0.05) is 12.1 Å². The van der Waals surface area contributed by atoms with Crippen LogP contribution in [0.2, 0.25) is 0 Å². The Morgan fingerprint density at radius 2 is 2.04 bits per heavy atom. The zero-order chi connectivity index (χ0) is 19.7. The molecule has 0 aliphatic rings. The first-order chi connectivity index (χ1) is 13.5. The van der Waals surface area contributed by atoms with E-state index in [-0.39, 0.29) is 11.7 Å². The summed E-state index contributed by atoms with van der Waals surface area (Å²) in [6.07, 6.45) is 3.14. The number of benzene rings is 2. The Morgan fingerprint density at radius 3 is 2.79 bits per heavy atom. The van der Waals surface area contributed by atoms with Gasteiger partial charge in [0, 0.05) is 23.3 Å². The number of hydrogen-bond acceptors (Lipinski definition) is 5. The first kappa shape index (κ1) is 17.6. The van der Waals surface area contributed by atoms with E-state index in [1.165, 1.54) is 18.3 Å². The van der Waals surface area contributed by atoms with Gasteiger partial charge in [-0.25, -0.2) is 14.4 Å². The topological polar surface area (TPSA) is 92.1 Å². The predicted octanol–water partition coefficient (Wildman–Crippen LogP) is 3.73. The van der Waals surface area contributed by atoms with Crippen molar-refractivity contribution in [3.8, 4) is 11.4 Å². The Bertz CT molecular complexity index is 1190. The molecular weight excluding hydrogens is 361 g/mol. The SMILES string of the molecule is Cc1nc(-c2cccc(F)c2)ncc1C(=O)Nn1ccc2cc(NO)ccc21. The lowest BCUT2D eigenvalue weighted by molar-refractivity contribution is 0.101. The molecule has 0 spiro atoms. The quantitative estimate of drug-likeness (QED) is 0.471. The number of carbonyl (C=O) groups is 1. The molecule has 0 aliphatic carbocycles. The lowest BCUT2D eigenvalue weighted by Crippen LogP contribution is -2.23. The van der Waals surface area contributed by atoms with Crippen LogP contribution in [0.25, 0.3) is 22.3 Å². The number of amides is 1. The molecule has 0 bridgehead atoms. The highest BCUT2D eigenvalue weighted by Gasteiger charge is 2.14. The van der Waals surface area contributed by atoms with Gasteiger partial charge in [-0.05, 0) is 43.3 Å². The van der Waals surface area contributed by atoms with Crippen LogP contribution in [-0.2, 0) is 0 Å². The number of hydrogen-bond donors (Lipinski definition) is 3. The van der Waals surface area contributed by atoms with Gasteiger partial charge in [-0.15, -0.1) is 0 Å². The number of nitrogens with one attached hydrogen (secondary N) is 2. The monoisotopic (exact) mass is 377 g/mol. The molecule has 0 unspecified atom stereocenters. The molecule has 4 rings (SSSR count). The normalized spacial score (nSPS) is 10.8. The third kappa shape index (κ3) is 3.28. The summed E-state index contributed by atoms with van der Waals surface area (Å²) in [7, 11) is 0. The van der Waals surface area contributed by atoms with Crippen molar-refractivity contribution >= 4 is 22.5 Å². The Kier molecular flexibility index (Phi) is 4.46. The molecule has 4 aromatic rings. The summed E-state index contributed by atoms with van der Waals surface area (Å²) in [5, 5.41) is 9.83. The van der Waals surface area contributed by atoms with E-state index in [1.54, 1.807) is 48.1 Å². The number of nitrogens with zero attached hydrogens (tertiary/aromatic N) is 3. The summed E-state index contributed by atoms with van der Waals surface area (Å²) in [4.78, 5) is 21.2. The molecule has 140 valence electrons. The van der Waals surface area contributed by atoms with E-state index in [0.717, 1.165) is 10.9 Å². The second kappa shape index (κ2) is 7.09. The van der Waals surface area contributed by atoms with Crippen molar-refractivity contribution in [3.63, 3.8) is 0 Å². The molecule has 2 heterocycles. The largest absolute Gasteiger partial charge is 0.291 e. The van der Waals surface area contributed by atoms with E-state index in [2.05, 4.69) is 20.9 Å². The van der Waals surface area contributed by atoms with Gasteiger partial charge in [0.05, 0.1) is 22.5 Å². The van der Waals surface area contributed by atoms with Gasteiger partial charge in [-0.2, -0.15) is 0 Å². The summed E-state index contributed by atoms with van der Waals surface area (Å²) in [6.45, 7) is 1.70. The van der Waals surface area contributed by atoms with E-state index in [0.29, 0.717) is 28.3 Å². The van der Waals surface area contributed by atoms with Crippen molar-refractivity contribution in [1.29, 1.82) is 0 Å². The van der Waals surface area contributed by atoms with Crippen LogP contribution in [0.15, 0.2) is 60.9 Å². The maximum atomic E-state index is 13.4. The third-order valence-electron chi connectivity index (χ3n) is 4.35. The second-order valence-electron chi connectivity index (χ2n) is 6.22. The maximum absolute atomic E-state index is 13.4. The second-order valence-corrected chi connectivity index (χ2v) is 6.22. The molecule has 1 amide bonds. The van der Waals surface area contributed by atoms with Crippen molar-refractivity contribution in [1.82, 2.24) is 14.6 Å². The van der Waals surface area contributed by atoms with Gasteiger partial charge >= 0.3 is 0 Å². The van der Waals surface area contributed by atoms with Crippen LogP contribution in [0, 0.1) is 12.7 Å². The van der Waals surface area contributed by atoms with Crippen LogP contribution >= 0.6 is 0 Å². The fourth-order valence-corrected chi connectivity index (χ4v) is 2.94. The average Bonchev–Trinajstić information content (AvgIpc) is 3.09. The summed E-state index contributed by atoms with van der Waals surface area (Å²) in [6, 6.07) is 13.0. The van der Waals surface area contributed by atoms with Crippen molar-refractivity contribution < 1.29 is 14.4 Å². The van der Waals surface area contributed by atoms with Crippen LogP contribution < -0.4 is 10.9 Å². The zero-order valence-corrected chi connectivity index (χ0v) is 14.8. The summed E-state index contributed by atoms with van der Waals surface area (Å²) >= 11 is 0. The smallest absolute Gasteiger partial charge is 0.273 e. The molecule has 28 heavy (non-hydrogen) atoms. The number of fused-ring (bicyclic) bond motifs is 1. The standard InChI is InChI=1S/C20H16FN5O2/c1-12-17(11-22-19(23-12)14-3-2-4-15(21)9-14)20(27)24-26-8-7-13-10-16(25-28)5-6-18(13)26/h2-11,25,28H,1H3,(H,24,27). The number of rotatable bonds is 4. The fourth-order valence-electron chi connectivity index (χ4n) is 2.94. The molecule has 0 radical (unpaired) electrons. The van der Waals surface area contributed by atoms with Crippen molar-refractivity contribution in [2.24, 2.45) is 0 Å². The first-order valence-electron chi connectivity index (χ1n) is 8.47. The van der Waals surface area contributed by atoms with Crippen LogP contribution in [-0.4, -0.2) is 25.8 Å². The molecule has 2 aromatic carbocycles. The average molecular weight is 377 g/mol. The Hall–Kier alpha value is -3.78. The molecule has 0 aliphatic heterocycles. The lowest BCUT2D eigenvalue weighted by atomic mass is 10.2. The molecule has 3 N–H and O–H groups in total. The molecule has 0 saturated heterocycles. The van der Waals surface area contributed by atoms with E-state index < -0.39 is 0 Å². The molecule has 0 atom stereocenters. The van der Waals surface area contributed by atoms with Crippen molar-refractivity contribution in [2.75, 3.05) is 10.9 Å². The summed E-state index contributed by atoms with van der Waals surface area (Å²) in [5.74, 6) is -0.395. The maximum Gasteiger partial charge on any atom is 0.273 e. The highest BCUT2D eigenvalue weighted by Crippen LogP contribution is 2.20. The van der Waals surface area contributed by atoms with E-state index in [1.807, 2.05) is 6.07 Å². The number of aryl methyl sites for hydroxylation is 1. The van der Waals surface area contributed by atoms with Crippen molar-refractivity contribution in [3.05, 3.63) is 78.0 Å². The van der Waals surface area contributed by atoms with E-state index in [9.17, 15) is 9.18 Å². The van der Waals surface area contributed by atoms with Gasteiger partial charge in [-0.3, -0.25) is 25.6 Å². The molecule has 8 heteroatoms. The van der Waals surface area contributed by atoms with Crippen LogP contribution in [0.5, 0.6) is 0 Å². The third-order valence-corrected chi connectivity index (χ3v) is 4.35. The van der Waals surface area contributed by atoms with Gasteiger partial charge in [0.25, 0.3) is 5.91 Å². The first-order valence-corrected chi connectivity index (χ1v) is 8.47. The molecular formula is C20H16FN5O2. The van der Waals surface area contributed by atoms with Crippen LogP contribution in [0.3, 0.4) is 0 Å². The minimum Gasteiger partial charge on any atom is -0.291 e. The molecule has 0 saturated carbocycles. The number of halogens is 1. The lowest BCUT2D eigenvalue weighted by Gasteiger charge is -2.10. The Labute approximate surface area is 159 Å².